The highest BCUT2D eigenvalue weighted by Crippen LogP contribution is 2.41. The molecule has 0 bridgehead atoms. The minimum atomic E-state index is -1.90. The number of nitrogens with one attached hydrogen (secondary N) is 2. The molecule has 1 aromatic rings. The van der Waals surface area contributed by atoms with Gasteiger partial charge in [-0.15, -0.1) is 0 Å². The Bertz CT molecular complexity index is 1210. The summed E-state index contributed by atoms with van der Waals surface area (Å²) in [7, 11) is 0. The molecule has 4 rings (SSSR count). The molecule has 40 heavy (non-hydrogen) atoms. The van der Waals surface area contributed by atoms with E-state index in [-0.39, 0.29) is 55.3 Å². The maximum Gasteiger partial charge on any atom is 0.258 e. The van der Waals surface area contributed by atoms with Crippen LogP contribution in [-0.2, 0) is 14.4 Å². The predicted octanol–water partition coefficient (Wildman–Crippen LogP) is 3.85. The lowest BCUT2D eigenvalue weighted by atomic mass is 9.77. The number of hydrogen-bond acceptors (Lipinski definition) is 5. The fraction of sp³-hybridized carbons (Fsp3) is 0.625. The Kier molecular flexibility index (Phi) is 8.84. The highest BCUT2D eigenvalue weighted by Gasteiger charge is 2.53. The predicted molar refractivity (Wildman–Crippen MR) is 153 cm³/mol. The van der Waals surface area contributed by atoms with Crippen LogP contribution in [0.5, 0.6) is 0 Å². The summed E-state index contributed by atoms with van der Waals surface area (Å²) >= 11 is 0. The zero-order valence-corrected chi connectivity index (χ0v) is 24.2. The van der Waals surface area contributed by atoms with E-state index in [1.807, 2.05) is 6.92 Å². The molecule has 0 saturated heterocycles. The number of aliphatic hydroxyl groups excluding tert-OH is 1. The van der Waals surface area contributed by atoms with Crippen LogP contribution in [0.15, 0.2) is 29.3 Å². The smallest absolute Gasteiger partial charge is 0.258 e. The molecule has 5 unspecified atom stereocenters. The molecule has 3 N–H and O–H groups in total. The Morgan fingerprint density at radius 1 is 1.15 bits per heavy atom. The van der Waals surface area contributed by atoms with Gasteiger partial charge in [0.25, 0.3) is 5.91 Å². The van der Waals surface area contributed by atoms with Crippen LogP contribution in [0.25, 0.3) is 0 Å². The first kappa shape index (κ1) is 29.9. The van der Waals surface area contributed by atoms with Crippen molar-refractivity contribution in [3.05, 3.63) is 35.4 Å². The summed E-state index contributed by atoms with van der Waals surface area (Å²) in [5.74, 6) is 3.47. The largest absolute Gasteiger partial charge is 0.393 e. The summed E-state index contributed by atoms with van der Waals surface area (Å²) in [5, 5.41) is 16.1. The topological polar surface area (TPSA) is 108 Å². The van der Waals surface area contributed by atoms with Crippen molar-refractivity contribution < 1.29 is 23.9 Å². The molecular formula is C32H42FN3O4. The number of ketones is 1. The third kappa shape index (κ3) is 6.63. The average Bonchev–Trinajstić information content (AvgIpc) is 3.55. The van der Waals surface area contributed by atoms with E-state index in [4.69, 9.17) is 0 Å². The molecule has 2 amide bonds. The van der Waals surface area contributed by atoms with Crippen molar-refractivity contribution in [3.63, 3.8) is 0 Å². The lowest BCUT2D eigenvalue weighted by Crippen LogP contribution is -2.54. The summed E-state index contributed by atoms with van der Waals surface area (Å²) in [4.78, 5) is 43.9. The van der Waals surface area contributed by atoms with Gasteiger partial charge >= 0.3 is 0 Å². The number of carbonyl (C=O) groups excluding carboxylic acids is 3. The SMILES string of the molecule is CCC(CNC(=O)[C@@H]1C[C@@H](O)CC1C(=O)C(NC(=O)C1(F)CC1)C(C)(C)C)c1ccc(C2C#CC=NC2C)cc1. The molecule has 0 radical (unpaired) electrons. The highest BCUT2D eigenvalue weighted by atomic mass is 19.1. The lowest BCUT2D eigenvalue weighted by molar-refractivity contribution is -0.138. The van der Waals surface area contributed by atoms with Crippen molar-refractivity contribution in [1.82, 2.24) is 10.6 Å². The summed E-state index contributed by atoms with van der Waals surface area (Å²) in [6.45, 7) is 9.93. The van der Waals surface area contributed by atoms with Gasteiger partial charge in [0.1, 0.15) is 0 Å². The molecule has 2 aliphatic carbocycles. The monoisotopic (exact) mass is 551 g/mol. The van der Waals surface area contributed by atoms with Gasteiger partial charge in [-0.05, 0) is 55.6 Å². The van der Waals surface area contributed by atoms with Crippen LogP contribution in [-0.4, -0.2) is 59.3 Å². The number of rotatable bonds is 10. The molecular weight excluding hydrogens is 509 g/mol. The zero-order chi connectivity index (χ0) is 29.2. The molecule has 3 aliphatic rings. The van der Waals surface area contributed by atoms with Gasteiger partial charge in [-0.1, -0.05) is 63.8 Å². The molecule has 8 heteroatoms. The highest BCUT2D eigenvalue weighted by molar-refractivity contribution is 5.97. The van der Waals surface area contributed by atoms with Gasteiger partial charge in [-0.2, -0.15) is 0 Å². The van der Waals surface area contributed by atoms with Crippen molar-refractivity contribution in [3.8, 4) is 11.8 Å². The summed E-state index contributed by atoms with van der Waals surface area (Å²) in [6.07, 6.45) is 2.30. The maximum absolute atomic E-state index is 14.4. The summed E-state index contributed by atoms with van der Waals surface area (Å²) in [5.41, 5.74) is -0.374. The second-order valence-corrected chi connectivity index (χ2v) is 12.8. The van der Waals surface area contributed by atoms with E-state index >= 15 is 0 Å². The van der Waals surface area contributed by atoms with E-state index in [0.29, 0.717) is 6.54 Å². The maximum atomic E-state index is 14.4. The Hall–Kier alpha value is -3.05. The van der Waals surface area contributed by atoms with Gasteiger partial charge in [0.2, 0.25) is 5.91 Å². The number of hydrogen-bond donors (Lipinski definition) is 3. The molecule has 7 atom stereocenters. The fourth-order valence-corrected chi connectivity index (χ4v) is 5.82. The molecule has 2 fully saturated rings. The first-order chi connectivity index (χ1) is 18.8. The number of Topliss-reactive ketones (excluding diaryl/α,β-unsaturated/α-hetero) is 1. The number of aliphatic hydroxyl groups is 1. The van der Waals surface area contributed by atoms with Gasteiger partial charge in [-0.3, -0.25) is 19.4 Å². The van der Waals surface area contributed by atoms with Gasteiger partial charge in [0.15, 0.2) is 11.5 Å². The van der Waals surface area contributed by atoms with Gasteiger partial charge < -0.3 is 15.7 Å². The molecule has 1 aromatic carbocycles. The van der Waals surface area contributed by atoms with Crippen LogP contribution in [0, 0.1) is 29.1 Å². The van der Waals surface area contributed by atoms with Crippen molar-refractivity contribution >= 4 is 23.8 Å². The molecule has 216 valence electrons. The standard InChI is InChI=1S/C32H42FN3O4/c1-6-20(21-9-11-22(12-10-21)24-8-7-15-34-19(24)2)18-35-29(39)26-17-23(37)16-25(26)27(38)28(31(3,4)5)36-30(40)32(33)13-14-32/h9-12,15,19-20,23-26,28,37H,6,13-14,16-18H2,1-5H3,(H,35,39)(H,36,40)/t19?,20?,23-,24?,25?,26+,28?/m0/s1. The first-order valence-electron chi connectivity index (χ1n) is 14.5. The minimum Gasteiger partial charge on any atom is -0.393 e. The number of aliphatic imine (C=N–C) groups is 1. The molecule has 2 saturated carbocycles. The molecule has 7 nitrogen and oxygen atoms in total. The average molecular weight is 552 g/mol. The summed E-state index contributed by atoms with van der Waals surface area (Å²) < 4.78 is 14.4. The van der Waals surface area contributed by atoms with Crippen molar-refractivity contribution in [2.75, 3.05) is 6.54 Å². The number of alkyl halides is 1. The van der Waals surface area contributed by atoms with E-state index in [1.165, 1.54) is 0 Å². The number of nitrogens with zero attached hydrogens (tertiary/aromatic N) is 1. The third-order valence-corrected chi connectivity index (χ3v) is 8.64. The van der Waals surface area contributed by atoms with E-state index in [9.17, 15) is 23.9 Å². The van der Waals surface area contributed by atoms with Crippen molar-refractivity contribution in [2.24, 2.45) is 22.2 Å². The van der Waals surface area contributed by atoms with Crippen molar-refractivity contribution in [1.29, 1.82) is 0 Å². The van der Waals surface area contributed by atoms with Crippen LogP contribution in [0.3, 0.4) is 0 Å². The van der Waals surface area contributed by atoms with E-state index in [2.05, 4.69) is 58.7 Å². The minimum absolute atomic E-state index is 0.0588. The van der Waals surface area contributed by atoms with Crippen LogP contribution in [0.2, 0.25) is 0 Å². The molecule has 0 aromatic heterocycles. The fourth-order valence-electron chi connectivity index (χ4n) is 5.82. The number of amides is 2. The van der Waals surface area contributed by atoms with Crippen molar-refractivity contribution in [2.45, 2.75) is 102 Å². The number of carbonyl (C=O) groups is 3. The molecule has 0 spiro atoms. The Balaban J connectivity index is 1.41. The van der Waals surface area contributed by atoms with Crippen LogP contribution in [0.4, 0.5) is 4.39 Å². The van der Waals surface area contributed by atoms with Crippen LogP contribution in [0.1, 0.15) is 89.7 Å². The second-order valence-electron chi connectivity index (χ2n) is 12.8. The Morgan fingerprint density at radius 2 is 1.80 bits per heavy atom. The molecule has 1 heterocycles. The van der Waals surface area contributed by atoms with Gasteiger partial charge in [-0.25, -0.2) is 4.39 Å². The second kappa shape index (κ2) is 11.8. The lowest BCUT2D eigenvalue weighted by Gasteiger charge is -2.33. The Morgan fingerprint density at radius 3 is 2.38 bits per heavy atom. The van der Waals surface area contributed by atoms with Gasteiger partial charge in [0, 0.05) is 18.4 Å². The number of halogens is 1. The van der Waals surface area contributed by atoms with Crippen LogP contribution < -0.4 is 10.6 Å². The quantitative estimate of drug-likeness (QED) is 0.384. The zero-order valence-electron chi connectivity index (χ0n) is 24.2. The van der Waals surface area contributed by atoms with E-state index in [1.54, 1.807) is 27.0 Å². The normalized spacial score (nSPS) is 28.1. The molecule has 1 aliphatic heterocycles. The number of benzene rings is 1. The summed E-state index contributed by atoms with van der Waals surface area (Å²) in [6, 6.07) is 7.43. The third-order valence-electron chi connectivity index (χ3n) is 8.64. The van der Waals surface area contributed by atoms with E-state index in [0.717, 1.165) is 17.5 Å². The van der Waals surface area contributed by atoms with Crippen LogP contribution >= 0.6 is 0 Å². The Labute approximate surface area is 236 Å². The van der Waals surface area contributed by atoms with E-state index < -0.39 is 41.0 Å². The first-order valence-corrected chi connectivity index (χ1v) is 14.5. The van der Waals surface area contributed by atoms with Gasteiger partial charge in [0.05, 0.1) is 36.2 Å².